The van der Waals surface area contributed by atoms with Crippen molar-refractivity contribution in [3.8, 4) is 23.0 Å². The van der Waals surface area contributed by atoms with Crippen LogP contribution in [-0.2, 0) is 20.7 Å². The number of aryl methyl sites for hydroxylation is 1. The second-order valence-corrected chi connectivity index (χ2v) is 17.7. The van der Waals surface area contributed by atoms with Gasteiger partial charge in [0.05, 0.1) is 36.1 Å². The van der Waals surface area contributed by atoms with Gasteiger partial charge in [0, 0.05) is 75.8 Å². The molecule has 2 aromatic carbocycles. The van der Waals surface area contributed by atoms with Gasteiger partial charge in [-0.3, -0.25) is 29.6 Å². The van der Waals surface area contributed by atoms with Gasteiger partial charge in [0.15, 0.2) is 5.82 Å². The molecule has 0 radical (unpaired) electrons. The van der Waals surface area contributed by atoms with Crippen molar-refractivity contribution in [1.29, 1.82) is 0 Å². The number of piperazine rings is 1. The molecular weight excluding hydrogens is 813 g/mol. The van der Waals surface area contributed by atoms with Crippen LogP contribution in [0.25, 0.3) is 32.9 Å². The summed E-state index contributed by atoms with van der Waals surface area (Å²) in [6.07, 6.45) is 8.74. The maximum Gasteiger partial charge on any atom is 0.319 e. The van der Waals surface area contributed by atoms with Gasteiger partial charge in [-0.05, 0) is 85.2 Å². The Morgan fingerprint density at radius 3 is 2.54 bits per heavy atom. The molecule has 1 spiro atoms. The Morgan fingerprint density at radius 2 is 1.83 bits per heavy atom. The minimum absolute atomic E-state index is 0.0403. The zero-order chi connectivity index (χ0) is 43.5. The number of piperidine rings is 2. The number of nitrogens with zero attached hydrogens (tertiary/aromatic N) is 7. The molecule has 5 fully saturated rings. The van der Waals surface area contributed by atoms with Crippen LogP contribution in [0.15, 0.2) is 48.8 Å². The van der Waals surface area contributed by atoms with Gasteiger partial charge in [-0.2, -0.15) is 9.97 Å². The Hall–Kier alpha value is -6.07. The van der Waals surface area contributed by atoms with Crippen LogP contribution in [0, 0.1) is 17.0 Å². The van der Waals surface area contributed by atoms with Crippen molar-refractivity contribution in [3.05, 3.63) is 71.7 Å². The molecule has 3 N–H and O–H groups in total. The number of aromatic hydroxyl groups is 1. The van der Waals surface area contributed by atoms with Crippen LogP contribution in [0.3, 0.4) is 0 Å². The molecule has 3 aromatic heterocycles. The maximum absolute atomic E-state index is 17.1. The van der Waals surface area contributed by atoms with E-state index in [9.17, 15) is 19.5 Å². The normalized spacial score (nSPS) is 22.3. The highest BCUT2D eigenvalue weighted by Crippen LogP contribution is 2.47. The Balaban J connectivity index is 0.852. The SMILES string of the molecule is CCc1c(F)ccc2cc(O)cc(-c3ncc4c(N5CCCC6(CCO6)C5)nc(OCC5(CN6CCN(c7ccc(C(=O)NC8CCC(=O)NC8=O)nc7)CC6)CC5)nc4c3F)c12. The lowest BCUT2D eigenvalue weighted by Gasteiger charge is -2.48. The lowest BCUT2D eigenvalue weighted by Crippen LogP contribution is -2.56. The molecule has 2 atom stereocenters. The first-order chi connectivity index (χ1) is 30.5. The van der Waals surface area contributed by atoms with E-state index in [-0.39, 0.29) is 64.0 Å². The zero-order valence-corrected chi connectivity index (χ0v) is 35.1. The number of amides is 3. The third-order valence-electron chi connectivity index (χ3n) is 13.5. The van der Waals surface area contributed by atoms with E-state index in [2.05, 4.69) is 35.3 Å². The van der Waals surface area contributed by atoms with Gasteiger partial charge >= 0.3 is 6.01 Å². The molecule has 15 nitrogen and oxygen atoms in total. The molecule has 4 saturated heterocycles. The Labute approximate surface area is 362 Å². The quantitative estimate of drug-likeness (QED) is 0.151. The van der Waals surface area contributed by atoms with Gasteiger partial charge in [0.2, 0.25) is 11.8 Å². The summed E-state index contributed by atoms with van der Waals surface area (Å²) in [4.78, 5) is 61.7. The number of carbonyl (C=O) groups excluding carboxylic acids is 3. The number of phenolic OH excluding ortho intramolecular Hbond substituents is 1. The molecule has 3 amide bonds. The number of rotatable bonds is 11. The van der Waals surface area contributed by atoms with Crippen molar-refractivity contribution in [1.82, 2.24) is 35.5 Å². The number of anilines is 2. The van der Waals surface area contributed by atoms with E-state index in [0.717, 1.165) is 70.5 Å². The highest BCUT2D eigenvalue weighted by atomic mass is 19.1. The first-order valence-electron chi connectivity index (χ1n) is 21.9. The third-order valence-corrected chi connectivity index (χ3v) is 13.5. The van der Waals surface area contributed by atoms with E-state index in [1.807, 2.05) is 13.0 Å². The average molecular weight is 862 g/mol. The summed E-state index contributed by atoms with van der Waals surface area (Å²) in [6.45, 7) is 8.16. The highest BCUT2D eigenvalue weighted by molar-refractivity contribution is 6.04. The standard InChI is InChI=1S/C46H49F2N9O6/c1-2-30-33(47)6-4-27-20-29(58)21-31(37(27)30)39-38(48)40-32(23-50-39)41(57-14-3-10-46(25-57)13-19-63-46)54-44(53-40)62-26-45(11-12-45)24-55-15-17-56(18-16-55)28-5-7-34(49-22-28)42(60)51-35-8-9-36(59)52-43(35)61/h4-7,20-23,35,58H,2-3,8-19,24-26H2,1H3,(H,51,60)(H,52,59,61). The lowest BCUT2D eigenvalue weighted by molar-refractivity contribution is -0.151. The monoisotopic (exact) mass is 861 g/mol. The number of nitrogens with one attached hydrogen (secondary N) is 2. The topological polar surface area (TPSA) is 175 Å². The minimum Gasteiger partial charge on any atom is -0.508 e. The molecule has 5 aromatic rings. The Bertz CT molecular complexity index is 2630. The van der Waals surface area contributed by atoms with Crippen LogP contribution < -0.4 is 25.2 Å². The van der Waals surface area contributed by atoms with Crippen LogP contribution >= 0.6 is 0 Å². The van der Waals surface area contributed by atoms with E-state index in [4.69, 9.17) is 19.4 Å². The van der Waals surface area contributed by atoms with Crippen molar-refractivity contribution in [3.63, 3.8) is 0 Å². The number of pyridine rings is 2. The number of halogens is 2. The fourth-order valence-corrected chi connectivity index (χ4v) is 9.69. The molecule has 328 valence electrons. The number of ether oxygens (including phenoxy) is 2. The van der Waals surface area contributed by atoms with Crippen LogP contribution in [-0.4, -0.2) is 118 Å². The first-order valence-corrected chi connectivity index (χ1v) is 21.9. The second-order valence-electron chi connectivity index (χ2n) is 17.7. The third kappa shape index (κ3) is 7.96. The van der Waals surface area contributed by atoms with Gasteiger partial charge in [-0.1, -0.05) is 13.0 Å². The molecule has 1 aliphatic carbocycles. The number of benzene rings is 2. The van der Waals surface area contributed by atoms with Crippen molar-refractivity contribution < 1.29 is 37.7 Å². The van der Waals surface area contributed by atoms with Crippen molar-refractivity contribution in [2.45, 2.75) is 69.9 Å². The molecule has 7 heterocycles. The summed E-state index contributed by atoms with van der Waals surface area (Å²) in [5, 5.41) is 17.1. The molecule has 17 heteroatoms. The number of hydrogen-bond acceptors (Lipinski definition) is 13. The van der Waals surface area contributed by atoms with Crippen LogP contribution in [0.4, 0.5) is 20.3 Å². The van der Waals surface area contributed by atoms with E-state index < -0.39 is 29.5 Å². The smallest absolute Gasteiger partial charge is 0.319 e. The largest absolute Gasteiger partial charge is 0.508 e. The van der Waals surface area contributed by atoms with E-state index in [0.29, 0.717) is 60.3 Å². The van der Waals surface area contributed by atoms with E-state index in [1.54, 1.807) is 30.6 Å². The minimum atomic E-state index is -0.771. The van der Waals surface area contributed by atoms with Crippen LogP contribution in [0.5, 0.6) is 11.8 Å². The van der Waals surface area contributed by atoms with Crippen molar-refractivity contribution in [2.75, 3.05) is 68.8 Å². The molecule has 1 saturated carbocycles. The number of phenols is 1. The van der Waals surface area contributed by atoms with Gasteiger partial charge < -0.3 is 29.7 Å². The van der Waals surface area contributed by atoms with E-state index >= 15 is 8.78 Å². The fourth-order valence-electron chi connectivity index (χ4n) is 9.69. The molecular formula is C46H49F2N9O6. The summed E-state index contributed by atoms with van der Waals surface area (Å²) in [7, 11) is 0. The number of imide groups is 1. The van der Waals surface area contributed by atoms with Crippen molar-refractivity contribution >= 4 is 50.9 Å². The zero-order valence-electron chi connectivity index (χ0n) is 35.1. The molecule has 4 aliphatic heterocycles. The van der Waals surface area contributed by atoms with Crippen LogP contribution in [0.2, 0.25) is 0 Å². The molecule has 10 rings (SSSR count). The Morgan fingerprint density at radius 1 is 1.00 bits per heavy atom. The molecule has 63 heavy (non-hydrogen) atoms. The molecule has 5 aliphatic rings. The lowest BCUT2D eigenvalue weighted by atomic mass is 9.86. The van der Waals surface area contributed by atoms with Crippen LogP contribution in [0.1, 0.15) is 67.9 Å². The maximum atomic E-state index is 17.1. The molecule has 0 bridgehead atoms. The number of aromatic nitrogens is 4. The highest BCUT2D eigenvalue weighted by Gasteiger charge is 2.46. The van der Waals surface area contributed by atoms with Gasteiger partial charge in [-0.15, -0.1) is 0 Å². The summed E-state index contributed by atoms with van der Waals surface area (Å²) >= 11 is 0. The summed E-state index contributed by atoms with van der Waals surface area (Å²) in [5.74, 6) is -1.99. The number of carbonyl (C=O) groups is 3. The predicted octanol–water partition coefficient (Wildman–Crippen LogP) is 5.06. The Kier molecular flexibility index (Phi) is 10.6. The van der Waals surface area contributed by atoms with Crippen molar-refractivity contribution in [2.24, 2.45) is 5.41 Å². The predicted molar refractivity (Wildman–Crippen MR) is 230 cm³/mol. The second kappa shape index (κ2) is 16.2. The summed E-state index contributed by atoms with van der Waals surface area (Å²) in [6, 6.07) is 8.71. The number of fused-ring (bicyclic) bond motifs is 2. The first kappa shape index (κ1) is 41.0. The van der Waals surface area contributed by atoms with Gasteiger partial charge in [0.25, 0.3) is 5.91 Å². The van der Waals surface area contributed by atoms with E-state index in [1.165, 1.54) is 12.1 Å². The summed E-state index contributed by atoms with van der Waals surface area (Å²) < 4.78 is 44.8. The summed E-state index contributed by atoms with van der Waals surface area (Å²) in [5.41, 5.74) is 1.40. The van der Waals surface area contributed by atoms with Gasteiger partial charge in [-0.25, -0.2) is 13.8 Å². The fraction of sp³-hybridized carbons (Fsp3) is 0.457. The van der Waals surface area contributed by atoms with Gasteiger partial charge in [0.1, 0.15) is 40.3 Å². The number of hydrogen-bond donors (Lipinski definition) is 3. The average Bonchev–Trinajstić information content (AvgIpc) is 4.05. The molecule has 2 unspecified atom stereocenters.